The Hall–Kier alpha value is -2.49. The Kier molecular flexibility index (Phi) is 4.60. The SMILES string of the molecule is C[C@@H](O)[C@@H]1NC(=O)[C@H]2CN(S(=O)(=O)c3cccc4ccccc34)CCN2C1=O. The maximum absolute atomic E-state index is 13.3. The van der Waals surface area contributed by atoms with Crippen molar-refractivity contribution in [3.05, 3.63) is 42.5 Å². The number of aliphatic hydroxyl groups excluding tert-OH is 1. The van der Waals surface area contributed by atoms with E-state index in [2.05, 4.69) is 5.32 Å². The molecule has 2 aliphatic heterocycles. The number of carbonyl (C=O) groups is 2. The summed E-state index contributed by atoms with van der Waals surface area (Å²) in [6, 6.07) is 10.4. The average molecular weight is 403 g/mol. The highest BCUT2D eigenvalue weighted by molar-refractivity contribution is 7.89. The fraction of sp³-hybridized carbons (Fsp3) is 0.368. The second-order valence-corrected chi connectivity index (χ2v) is 9.02. The molecule has 9 heteroatoms. The third kappa shape index (κ3) is 2.95. The van der Waals surface area contributed by atoms with E-state index in [0.29, 0.717) is 5.39 Å². The predicted octanol–water partition coefficient (Wildman–Crippen LogP) is -0.0795. The van der Waals surface area contributed by atoms with Crippen molar-refractivity contribution in [3.63, 3.8) is 0 Å². The third-order valence-electron chi connectivity index (χ3n) is 5.34. The van der Waals surface area contributed by atoms with Crippen LogP contribution in [0.1, 0.15) is 6.92 Å². The van der Waals surface area contributed by atoms with Crippen LogP contribution in [-0.4, -0.2) is 72.4 Å². The lowest BCUT2D eigenvalue weighted by Crippen LogP contribution is -2.71. The lowest BCUT2D eigenvalue weighted by molar-refractivity contribution is -0.154. The predicted molar refractivity (Wildman–Crippen MR) is 102 cm³/mol. The minimum atomic E-state index is -3.84. The van der Waals surface area contributed by atoms with Gasteiger partial charge in [-0.1, -0.05) is 36.4 Å². The van der Waals surface area contributed by atoms with Crippen LogP contribution in [0.4, 0.5) is 0 Å². The molecule has 8 nitrogen and oxygen atoms in total. The Balaban J connectivity index is 1.65. The van der Waals surface area contributed by atoms with Crippen LogP contribution in [-0.2, 0) is 19.6 Å². The van der Waals surface area contributed by atoms with E-state index in [1.165, 1.54) is 16.1 Å². The lowest BCUT2D eigenvalue weighted by Gasteiger charge is -2.45. The first-order chi connectivity index (χ1) is 13.3. The van der Waals surface area contributed by atoms with Crippen LogP contribution < -0.4 is 5.32 Å². The van der Waals surface area contributed by atoms with E-state index in [-0.39, 0.29) is 30.4 Å². The normalized spacial score (nSPS) is 24.7. The molecule has 2 aliphatic rings. The monoisotopic (exact) mass is 403 g/mol. The van der Waals surface area contributed by atoms with Gasteiger partial charge in [-0.25, -0.2) is 8.42 Å². The van der Waals surface area contributed by atoms with E-state index in [1.807, 2.05) is 18.2 Å². The first-order valence-electron chi connectivity index (χ1n) is 9.07. The summed E-state index contributed by atoms with van der Waals surface area (Å²) in [6.45, 7) is 1.51. The van der Waals surface area contributed by atoms with Gasteiger partial charge in [0.05, 0.1) is 11.0 Å². The van der Waals surface area contributed by atoms with Gasteiger partial charge in [-0.15, -0.1) is 0 Å². The number of aliphatic hydroxyl groups is 1. The van der Waals surface area contributed by atoms with Gasteiger partial charge in [0, 0.05) is 25.0 Å². The average Bonchev–Trinajstić information content (AvgIpc) is 2.69. The molecule has 2 fully saturated rings. The summed E-state index contributed by atoms with van der Waals surface area (Å²) in [5.74, 6) is -0.842. The van der Waals surface area contributed by atoms with Gasteiger partial charge < -0.3 is 15.3 Å². The second-order valence-electron chi connectivity index (χ2n) is 7.11. The molecule has 0 aromatic heterocycles. The molecule has 0 bridgehead atoms. The highest BCUT2D eigenvalue weighted by Crippen LogP contribution is 2.28. The first kappa shape index (κ1) is 18.9. The zero-order valence-corrected chi connectivity index (χ0v) is 16.1. The van der Waals surface area contributed by atoms with Crippen LogP contribution in [0.5, 0.6) is 0 Å². The molecule has 3 atom stereocenters. The van der Waals surface area contributed by atoms with Crippen LogP contribution in [0.2, 0.25) is 0 Å². The fourth-order valence-corrected chi connectivity index (χ4v) is 5.49. The summed E-state index contributed by atoms with van der Waals surface area (Å²) in [5, 5.41) is 13.7. The van der Waals surface area contributed by atoms with Crippen molar-refractivity contribution in [2.24, 2.45) is 0 Å². The summed E-state index contributed by atoms with van der Waals surface area (Å²) >= 11 is 0. The molecule has 2 saturated heterocycles. The van der Waals surface area contributed by atoms with Gasteiger partial charge in [-0.2, -0.15) is 4.31 Å². The van der Waals surface area contributed by atoms with Crippen molar-refractivity contribution in [2.45, 2.75) is 30.0 Å². The minimum absolute atomic E-state index is 0.0909. The zero-order valence-electron chi connectivity index (χ0n) is 15.3. The maximum Gasteiger partial charge on any atom is 0.248 e. The van der Waals surface area contributed by atoms with Crippen LogP contribution >= 0.6 is 0 Å². The Morgan fingerprint density at radius 3 is 2.57 bits per heavy atom. The Morgan fingerprint density at radius 2 is 1.82 bits per heavy atom. The number of benzene rings is 2. The number of hydrogen-bond acceptors (Lipinski definition) is 5. The van der Waals surface area contributed by atoms with Gasteiger partial charge in [-0.3, -0.25) is 9.59 Å². The molecule has 0 saturated carbocycles. The molecule has 2 amide bonds. The summed E-state index contributed by atoms with van der Waals surface area (Å²) in [7, 11) is -3.84. The van der Waals surface area contributed by atoms with Crippen LogP contribution in [0.3, 0.4) is 0 Å². The highest BCUT2D eigenvalue weighted by Gasteiger charge is 2.47. The standard InChI is InChI=1S/C19H21N3O5S/c1-12(23)17-19(25)22-10-9-21(11-15(22)18(24)20-17)28(26,27)16-8-4-6-13-5-2-3-7-14(13)16/h2-8,12,15,17,23H,9-11H2,1H3,(H,20,24)/t12-,15-,17+/m1/s1. The van der Waals surface area contributed by atoms with Crippen molar-refractivity contribution >= 4 is 32.6 Å². The topological polar surface area (TPSA) is 107 Å². The molecular formula is C19H21N3O5S. The largest absolute Gasteiger partial charge is 0.391 e. The van der Waals surface area contributed by atoms with Crippen LogP contribution in [0, 0.1) is 0 Å². The first-order valence-corrected chi connectivity index (χ1v) is 10.5. The number of amides is 2. The summed E-state index contributed by atoms with van der Waals surface area (Å²) in [6.07, 6.45) is -1.02. The van der Waals surface area contributed by atoms with Gasteiger partial charge in [0.2, 0.25) is 21.8 Å². The summed E-state index contributed by atoms with van der Waals surface area (Å²) in [5.41, 5.74) is 0. The summed E-state index contributed by atoms with van der Waals surface area (Å²) in [4.78, 5) is 26.6. The van der Waals surface area contributed by atoms with Gasteiger partial charge >= 0.3 is 0 Å². The third-order valence-corrected chi connectivity index (χ3v) is 7.27. The molecule has 2 heterocycles. The number of piperazine rings is 2. The molecule has 28 heavy (non-hydrogen) atoms. The van der Waals surface area contributed by atoms with E-state index in [1.54, 1.807) is 24.3 Å². The summed E-state index contributed by atoms with van der Waals surface area (Å²) < 4.78 is 27.8. The minimum Gasteiger partial charge on any atom is -0.391 e. The van der Waals surface area contributed by atoms with E-state index >= 15 is 0 Å². The Labute approximate surface area is 162 Å². The highest BCUT2D eigenvalue weighted by atomic mass is 32.2. The van der Waals surface area contributed by atoms with Gasteiger partial charge in [0.15, 0.2) is 0 Å². The Morgan fingerprint density at radius 1 is 1.11 bits per heavy atom. The smallest absolute Gasteiger partial charge is 0.248 e. The Bertz CT molecular complexity index is 1050. The second kappa shape index (κ2) is 6.84. The fourth-order valence-electron chi connectivity index (χ4n) is 3.84. The molecular weight excluding hydrogens is 382 g/mol. The number of nitrogens with one attached hydrogen (secondary N) is 1. The zero-order chi connectivity index (χ0) is 20.1. The molecule has 0 spiro atoms. The molecule has 0 unspecified atom stereocenters. The number of hydrogen-bond donors (Lipinski definition) is 2. The van der Waals surface area contributed by atoms with Gasteiger partial charge in [0.25, 0.3) is 0 Å². The quantitative estimate of drug-likeness (QED) is 0.746. The van der Waals surface area contributed by atoms with Crippen molar-refractivity contribution in [1.29, 1.82) is 0 Å². The number of nitrogens with zero attached hydrogens (tertiary/aromatic N) is 2. The number of carbonyl (C=O) groups excluding carboxylic acids is 2. The van der Waals surface area contributed by atoms with E-state index in [9.17, 15) is 23.1 Å². The lowest BCUT2D eigenvalue weighted by atomic mass is 10.0. The van der Waals surface area contributed by atoms with Crippen molar-refractivity contribution in [3.8, 4) is 0 Å². The maximum atomic E-state index is 13.3. The van der Waals surface area contributed by atoms with Gasteiger partial charge in [0.1, 0.15) is 12.1 Å². The van der Waals surface area contributed by atoms with Crippen LogP contribution in [0.25, 0.3) is 10.8 Å². The number of fused-ring (bicyclic) bond motifs is 2. The van der Waals surface area contributed by atoms with Crippen molar-refractivity contribution in [2.75, 3.05) is 19.6 Å². The molecule has 0 aliphatic carbocycles. The molecule has 2 N–H and O–H groups in total. The van der Waals surface area contributed by atoms with Crippen molar-refractivity contribution < 1.29 is 23.1 Å². The molecule has 148 valence electrons. The van der Waals surface area contributed by atoms with Crippen molar-refractivity contribution in [1.82, 2.24) is 14.5 Å². The molecule has 2 aromatic rings. The van der Waals surface area contributed by atoms with Crippen LogP contribution in [0.15, 0.2) is 47.4 Å². The molecule has 0 radical (unpaired) electrons. The van der Waals surface area contributed by atoms with E-state index < -0.39 is 34.1 Å². The molecule has 2 aromatic carbocycles. The van der Waals surface area contributed by atoms with E-state index in [0.717, 1.165) is 5.39 Å². The number of sulfonamides is 1. The van der Waals surface area contributed by atoms with E-state index in [4.69, 9.17) is 0 Å². The molecule has 4 rings (SSSR count). The number of rotatable bonds is 3. The van der Waals surface area contributed by atoms with Gasteiger partial charge in [-0.05, 0) is 18.4 Å².